The van der Waals surface area contributed by atoms with Crippen molar-refractivity contribution in [3.63, 3.8) is 0 Å². The van der Waals surface area contributed by atoms with Crippen molar-refractivity contribution in [3.05, 3.63) is 23.8 Å². The van der Waals surface area contributed by atoms with Crippen LogP contribution in [-0.4, -0.2) is 30.8 Å². The van der Waals surface area contributed by atoms with Gasteiger partial charge in [0.05, 0.1) is 6.61 Å². The largest absolute Gasteiger partial charge is 0.464 e. The van der Waals surface area contributed by atoms with Gasteiger partial charge in [-0.05, 0) is 38.0 Å². The van der Waals surface area contributed by atoms with Crippen LogP contribution in [0.3, 0.4) is 0 Å². The lowest BCUT2D eigenvalue weighted by atomic mass is 9.81. The summed E-state index contributed by atoms with van der Waals surface area (Å²) >= 11 is 0. The second-order valence-corrected chi connectivity index (χ2v) is 6.14. The first-order valence-electron chi connectivity index (χ1n) is 8.54. The van der Waals surface area contributed by atoms with Crippen LogP contribution in [0.1, 0.15) is 44.6 Å². The van der Waals surface area contributed by atoms with Crippen LogP contribution in [0.4, 0.5) is 0 Å². The highest BCUT2D eigenvalue weighted by atomic mass is 16.7. The van der Waals surface area contributed by atoms with Crippen LogP contribution < -0.4 is 14.8 Å². The molecule has 1 aliphatic carbocycles. The molecule has 1 fully saturated rings. The second kappa shape index (κ2) is 7.47. The van der Waals surface area contributed by atoms with Crippen molar-refractivity contribution in [2.75, 3.05) is 13.4 Å². The molecular weight excluding hydrogens is 322 g/mol. The van der Waals surface area contributed by atoms with Crippen LogP contribution in [0, 0.1) is 11.8 Å². The SMILES string of the molecule is CCOC(=O)C1(NC(=O)C#Cc2ccc3c(c2)OCO3)CCCCC1. The lowest BCUT2D eigenvalue weighted by Gasteiger charge is -2.34. The van der Waals surface area contributed by atoms with Gasteiger partial charge < -0.3 is 19.5 Å². The highest BCUT2D eigenvalue weighted by Gasteiger charge is 2.42. The van der Waals surface area contributed by atoms with E-state index in [-0.39, 0.29) is 12.8 Å². The highest BCUT2D eigenvalue weighted by molar-refractivity contribution is 5.98. The highest BCUT2D eigenvalue weighted by Crippen LogP contribution is 2.32. The molecule has 2 aliphatic rings. The van der Waals surface area contributed by atoms with Gasteiger partial charge in [0.1, 0.15) is 5.54 Å². The molecule has 1 aromatic carbocycles. The Morgan fingerprint density at radius 1 is 1.20 bits per heavy atom. The van der Waals surface area contributed by atoms with Crippen LogP contribution in [-0.2, 0) is 14.3 Å². The Morgan fingerprint density at radius 2 is 1.96 bits per heavy atom. The van der Waals surface area contributed by atoms with Crippen molar-refractivity contribution < 1.29 is 23.8 Å². The Labute approximate surface area is 146 Å². The Bertz CT molecular complexity index is 725. The monoisotopic (exact) mass is 343 g/mol. The fourth-order valence-corrected chi connectivity index (χ4v) is 3.16. The number of carbonyl (C=O) groups is 2. The predicted octanol–water partition coefficient (Wildman–Crippen LogP) is 2.15. The zero-order valence-corrected chi connectivity index (χ0v) is 14.2. The summed E-state index contributed by atoms with van der Waals surface area (Å²) in [6.07, 6.45) is 4.00. The minimum atomic E-state index is -0.949. The van der Waals surface area contributed by atoms with Crippen LogP contribution in [0.15, 0.2) is 18.2 Å². The summed E-state index contributed by atoms with van der Waals surface area (Å²) in [7, 11) is 0. The number of nitrogens with one attached hydrogen (secondary N) is 1. The molecule has 1 aliphatic heterocycles. The van der Waals surface area contributed by atoms with Gasteiger partial charge in [-0.1, -0.05) is 25.2 Å². The third kappa shape index (κ3) is 3.87. The van der Waals surface area contributed by atoms with Crippen molar-refractivity contribution in [1.82, 2.24) is 5.32 Å². The van der Waals surface area contributed by atoms with E-state index < -0.39 is 11.4 Å². The zero-order valence-electron chi connectivity index (χ0n) is 14.2. The molecule has 25 heavy (non-hydrogen) atoms. The number of esters is 1. The maximum absolute atomic E-state index is 12.3. The summed E-state index contributed by atoms with van der Waals surface area (Å²) in [6, 6.07) is 5.24. The molecule has 1 amide bonds. The van der Waals surface area contributed by atoms with Crippen LogP contribution >= 0.6 is 0 Å². The Morgan fingerprint density at radius 3 is 2.72 bits per heavy atom. The van der Waals surface area contributed by atoms with Crippen molar-refractivity contribution in [2.45, 2.75) is 44.6 Å². The Hall–Kier alpha value is -2.68. The van der Waals surface area contributed by atoms with Gasteiger partial charge in [-0.3, -0.25) is 4.79 Å². The molecule has 0 radical (unpaired) electrons. The molecule has 1 saturated carbocycles. The molecule has 1 heterocycles. The molecule has 0 spiro atoms. The Balaban J connectivity index is 1.71. The van der Waals surface area contributed by atoms with E-state index in [1.165, 1.54) is 0 Å². The molecule has 0 atom stereocenters. The van der Waals surface area contributed by atoms with Gasteiger partial charge in [0, 0.05) is 11.5 Å². The molecule has 1 aromatic rings. The first kappa shape index (κ1) is 17.2. The van der Waals surface area contributed by atoms with Gasteiger partial charge in [0.25, 0.3) is 5.91 Å². The average molecular weight is 343 g/mol. The third-order valence-electron chi connectivity index (χ3n) is 4.42. The number of benzene rings is 1. The topological polar surface area (TPSA) is 73.9 Å². The molecule has 0 bridgehead atoms. The van der Waals surface area contributed by atoms with Gasteiger partial charge >= 0.3 is 5.97 Å². The zero-order chi connectivity index (χ0) is 17.7. The summed E-state index contributed by atoms with van der Waals surface area (Å²) in [5.41, 5.74) is -0.303. The standard InChI is InChI=1S/C19H21NO5/c1-2-23-18(22)19(10-4-3-5-11-19)20-17(21)9-7-14-6-8-15-16(12-14)25-13-24-15/h6,8,12H,2-5,10-11,13H2,1H3,(H,20,21). The first-order chi connectivity index (χ1) is 12.1. The minimum absolute atomic E-state index is 0.189. The van der Waals surface area contributed by atoms with Gasteiger partial charge in [-0.15, -0.1) is 0 Å². The molecular formula is C19H21NO5. The number of hydrogen-bond acceptors (Lipinski definition) is 5. The van der Waals surface area contributed by atoms with Crippen molar-refractivity contribution >= 4 is 11.9 Å². The summed E-state index contributed by atoms with van der Waals surface area (Å²) in [5.74, 6) is 5.79. The predicted molar refractivity (Wildman–Crippen MR) is 90.0 cm³/mol. The quantitative estimate of drug-likeness (QED) is 0.672. The smallest absolute Gasteiger partial charge is 0.331 e. The molecule has 3 rings (SSSR count). The third-order valence-corrected chi connectivity index (χ3v) is 4.42. The van der Waals surface area contributed by atoms with Crippen LogP contribution in [0.5, 0.6) is 11.5 Å². The molecule has 6 heteroatoms. The summed E-state index contributed by atoms with van der Waals surface area (Å²) < 4.78 is 15.7. The van der Waals surface area contributed by atoms with Gasteiger partial charge in [-0.25, -0.2) is 4.79 Å². The average Bonchev–Trinajstić information content (AvgIpc) is 3.09. The fourth-order valence-electron chi connectivity index (χ4n) is 3.16. The lowest BCUT2D eigenvalue weighted by Crippen LogP contribution is -2.56. The molecule has 0 saturated heterocycles. The van der Waals surface area contributed by atoms with Crippen molar-refractivity contribution in [1.29, 1.82) is 0 Å². The van der Waals surface area contributed by atoms with E-state index in [0.29, 0.717) is 36.5 Å². The lowest BCUT2D eigenvalue weighted by molar-refractivity contribution is -0.154. The first-order valence-corrected chi connectivity index (χ1v) is 8.54. The molecule has 0 aromatic heterocycles. The van der Waals surface area contributed by atoms with Gasteiger partial charge in [0.2, 0.25) is 6.79 Å². The summed E-state index contributed by atoms with van der Waals surface area (Å²) in [6.45, 7) is 2.24. The molecule has 1 N–H and O–H groups in total. The number of fused-ring (bicyclic) bond motifs is 1. The van der Waals surface area contributed by atoms with Crippen molar-refractivity contribution in [2.24, 2.45) is 0 Å². The fraction of sp³-hybridized carbons (Fsp3) is 0.474. The number of amides is 1. The van der Waals surface area contributed by atoms with E-state index in [4.69, 9.17) is 14.2 Å². The van der Waals surface area contributed by atoms with E-state index in [0.717, 1.165) is 19.3 Å². The number of hydrogen-bond donors (Lipinski definition) is 1. The number of rotatable bonds is 3. The molecule has 132 valence electrons. The normalized spacial score (nSPS) is 17.2. The minimum Gasteiger partial charge on any atom is -0.464 e. The number of carbonyl (C=O) groups excluding carboxylic acids is 2. The van der Waals surface area contributed by atoms with E-state index in [1.807, 2.05) is 0 Å². The van der Waals surface area contributed by atoms with E-state index in [1.54, 1.807) is 25.1 Å². The van der Waals surface area contributed by atoms with E-state index >= 15 is 0 Å². The van der Waals surface area contributed by atoms with Gasteiger partial charge in [0.15, 0.2) is 11.5 Å². The van der Waals surface area contributed by atoms with E-state index in [2.05, 4.69) is 17.2 Å². The van der Waals surface area contributed by atoms with Crippen LogP contribution in [0.2, 0.25) is 0 Å². The maximum Gasteiger partial charge on any atom is 0.331 e. The summed E-state index contributed by atoms with van der Waals surface area (Å²) in [5, 5.41) is 2.80. The second-order valence-electron chi connectivity index (χ2n) is 6.14. The molecule has 6 nitrogen and oxygen atoms in total. The Kier molecular flexibility index (Phi) is 5.13. The van der Waals surface area contributed by atoms with Crippen LogP contribution in [0.25, 0.3) is 0 Å². The van der Waals surface area contributed by atoms with Gasteiger partial charge in [-0.2, -0.15) is 0 Å². The molecule has 0 unspecified atom stereocenters. The van der Waals surface area contributed by atoms with E-state index in [9.17, 15) is 9.59 Å². The van der Waals surface area contributed by atoms with Crippen molar-refractivity contribution in [3.8, 4) is 23.3 Å². The maximum atomic E-state index is 12.3. The number of ether oxygens (including phenoxy) is 3. The summed E-state index contributed by atoms with van der Waals surface area (Å²) in [4.78, 5) is 24.6.